The summed E-state index contributed by atoms with van der Waals surface area (Å²) in [5.74, 6) is -0.922. The maximum atomic E-state index is 13.2. The van der Waals surface area contributed by atoms with Crippen LogP contribution in [0.3, 0.4) is 0 Å². The minimum absolute atomic E-state index is 0.0986. The van der Waals surface area contributed by atoms with Crippen molar-refractivity contribution < 1.29 is 9.18 Å². The molecule has 0 heterocycles. The third kappa shape index (κ3) is 2.54. The van der Waals surface area contributed by atoms with Crippen molar-refractivity contribution >= 4 is 39.0 Å². The van der Waals surface area contributed by atoms with Crippen LogP contribution in [0.25, 0.3) is 0 Å². The molecule has 0 spiro atoms. The van der Waals surface area contributed by atoms with Crippen molar-refractivity contribution in [2.24, 2.45) is 0 Å². The molecule has 2 aromatic carbocycles. The van der Waals surface area contributed by atoms with Gasteiger partial charge in [-0.05, 0) is 36.4 Å². The molecule has 2 rings (SSSR count). The minimum atomic E-state index is -0.517. The van der Waals surface area contributed by atoms with Crippen molar-refractivity contribution in [3.8, 4) is 0 Å². The van der Waals surface area contributed by atoms with E-state index in [1.54, 1.807) is 18.2 Å². The van der Waals surface area contributed by atoms with Crippen molar-refractivity contribution in [2.45, 2.75) is 0 Å². The van der Waals surface area contributed by atoms with E-state index in [9.17, 15) is 9.18 Å². The van der Waals surface area contributed by atoms with Crippen LogP contribution in [-0.4, -0.2) is 5.78 Å². The fourth-order valence-electron chi connectivity index (χ4n) is 1.54. The first-order valence-electron chi connectivity index (χ1n) is 5.04. The van der Waals surface area contributed by atoms with Gasteiger partial charge in [0.1, 0.15) is 5.82 Å². The molecular formula is C13H8BrClFNO. The molecule has 0 saturated heterocycles. The maximum absolute atomic E-state index is 13.2. The van der Waals surface area contributed by atoms with Crippen LogP contribution in [0.15, 0.2) is 40.9 Å². The van der Waals surface area contributed by atoms with E-state index in [1.165, 1.54) is 12.1 Å². The number of nitrogens with two attached hydrogens (primary N) is 1. The van der Waals surface area contributed by atoms with E-state index >= 15 is 0 Å². The average molecular weight is 329 g/mol. The van der Waals surface area contributed by atoms with Gasteiger partial charge in [-0.1, -0.05) is 27.5 Å². The van der Waals surface area contributed by atoms with Gasteiger partial charge in [-0.2, -0.15) is 0 Å². The normalized spacial score (nSPS) is 10.4. The van der Waals surface area contributed by atoms with E-state index in [2.05, 4.69) is 15.9 Å². The monoisotopic (exact) mass is 327 g/mol. The second-order valence-electron chi connectivity index (χ2n) is 3.68. The average Bonchev–Trinajstić information content (AvgIpc) is 2.34. The molecule has 0 fully saturated rings. The van der Waals surface area contributed by atoms with Crippen LogP contribution < -0.4 is 5.73 Å². The summed E-state index contributed by atoms with van der Waals surface area (Å²) in [5.41, 5.74) is 6.45. The van der Waals surface area contributed by atoms with Gasteiger partial charge in [-0.15, -0.1) is 0 Å². The molecule has 92 valence electrons. The second-order valence-corrected chi connectivity index (χ2v) is 5.01. The van der Waals surface area contributed by atoms with Gasteiger partial charge >= 0.3 is 0 Å². The molecule has 0 aliphatic rings. The van der Waals surface area contributed by atoms with Gasteiger partial charge in [0, 0.05) is 21.3 Å². The Labute approximate surface area is 117 Å². The summed E-state index contributed by atoms with van der Waals surface area (Å²) >= 11 is 9.15. The lowest BCUT2D eigenvalue weighted by Crippen LogP contribution is -2.06. The Balaban J connectivity index is 2.54. The molecule has 2 N–H and O–H groups in total. The van der Waals surface area contributed by atoms with E-state index in [1.807, 2.05) is 0 Å². The Kier molecular flexibility index (Phi) is 3.68. The number of halogens is 3. The number of carbonyl (C=O) groups excluding carboxylic acids is 1. The van der Waals surface area contributed by atoms with Crippen LogP contribution in [-0.2, 0) is 0 Å². The highest BCUT2D eigenvalue weighted by Gasteiger charge is 2.16. The smallest absolute Gasteiger partial charge is 0.196 e. The van der Waals surface area contributed by atoms with Gasteiger partial charge in [0.25, 0.3) is 0 Å². The summed E-state index contributed by atoms with van der Waals surface area (Å²) < 4.78 is 13.9. The summed E-state index contributed by atoms with van der Waals surface area (Å²) in [6, 6.07) is 8.55. The van der Waals surface area contributed by atoms with Crippen LogP contribution in [0.1, 0.15) is 15.9 Å². The number of hydrogen-bond donors (Lipinski definition) is 1. The van der Waals surface area contributed by atoms with Gasteiger partial charge in [-0.3, -0.25) is 4.79 Å². The van der Waals surface area contributed by atoms with Gasteiger partial charge in [-0.25, -0.2) is 4.39 Å². The Bertz CT molecular complexity index is 577. The Morgan fingerprint density at radius 1 is 1.17 bits per heavy atom. The Hall–Kier alpha value is -1.39. The zero-order chi connectivity index (χ0) is 13.3. The van der Waals surface area contributed by atoms with Crippen LogP contribution in [0.5, 0.6) is 0 Å². The molecule has 0 aliphatic heterocycles. The van der Waals surface area contributed by atoms with Crippen molar-refractivity contribution in [3.63, 3.8) is 0 Å². The molecule has 0 aromatic heterocycles. The minimum Gasteiger partial charge on any atom is -0.398 e. The highest BCUT2D eigenvalue weighted by Crippen LogP contribution is 2.25. The van der Waals surface area contributed by atoms with Crippen LogP contribution in [0.4, 0.5) is 10.1 Å². The standard InChI is InChI=1S/C13H8BrClFNO/c14-7-1-4-12(17)10(5-7)13(18)9-6-8(16)2-3-11(9)15/h1-6H,17H2. The lowest BCUT2D eigenvalue weighted by atomic mass is 10.0. The third-order valence-corrected chi connectivity index (χ3v) is 3.26. The molecule has 0 unspecified atom stereocenters. The molecule has 0 saturated carbocycles. The van der Waals surface area contributed by atoms with E-state index in [0.717, 1.165) is 6.07 Å². The summed E-state index contributed by atoms with van der Waals surface area (Å²) in [4.78, 5) is 12.2. The number of rotatable bonds is 2. The number of carbonyl (C=O) groups is 1. The highest BCUT2D eigenvalue weighted by molar-refractivity contribution is 9.10. The molecule has 0 amide bonds. The van der Waals surface area contributed by atoms with Crippen molar-refractivity contribution in [1.29, 1.82) is 0 Å². The number of anilines is 1. The molecule has 5 heteroatoms. The number of benzene rings is 2. The van der Waals surface area contributed by atoms with Crippen LogP contribution >= 0.6 is 27.5 Å². The van der Waals surface area contributed by atoms with Gasteiger partial charge in [0.15, 0.2) is 5.78 Å². The Morgan fingerprint density at radius 2 is 1.89 bits per heavy atom. The number of hydrogen-bond acceptors (Lipinski definition) is 2. The summed E-state index contributed by atoms with van der Waals surface area (Å²) in [5, 5.41) is 0.195. The summed E-state index contributed by atoms with van der Waals surface area (Å²) in [7, 11) is 0. The fourth-order valence-corrected chi connectivity index (χ4v) is 2.11. The summed E-state index contributed by atoms with van der Waals surface area (Å²) in [6.07, 6.45) is 0. The molecule has 0 atom stereocenters. The quantitative estimate of drug-likeness (QED) is 0.667. The highest BCUT2D eigenvalue weighted by atomic mass is 79.9. The number of nitrogen functional groups attached to an aromatic ring is 1. The molecule has 18 heavy (non-hydrogen) atoms. The number of ketones is 1. The second kappa shape index (κ2) is 5.08. The fraction of sp³-hybridized carbons (Fsp3) is 0. The first-order chi connectivity index (χ1) is 8.49. The predicted octanol–water partition coefficient (Wildman–Crippen LogP) is 4.05. The predicted molar refractivity (Wildman–Crippen MR) is 73.4 cm³/mol. The lowest BCUT2D eigenvalue weighted by Gasteiger charge is -2.07. The first kappa shape index (κ1) is 13.1. The largest absolute Gasteiger partial charge is 0.398 e. The van der Waals surface area contributed by atoms with Crippen molar-refractivity contribution in [1.82, 2.24) is 0 Å². The SMILES string of the molecule is Nc1ccc(Br)cc1C(=O)c1cc(F)ccc1Cl. The molecule has 2 nitrogen and oxygen atoms in total. The summed E-state index contributed by atoms with van der Waals surface area (Å²) in [6.45, 7) is 0. The van der Waals surface area contributed by atoms with Crippen molar-refractivity contribution in [3.05, 3.63) is 62.8 Å². The first-order valence-corrected chi connectivity index (χ1v) is 6.21. The maximum Gasteiger partial charge on any atom is 0.196 e. The zero-order valence-electron chi connectivity index (χ0n) is 9.08. The van der Waals surface area contributed by atoms with E-state index in [0.29, 0.717) is 10.2 Å². The van der Waals surface area contributed by atoms with E-state index in [4.69, 9.17) is 17.3 Å². The van der Waals surface area contributed by atoms with Crippen molar-refractivity contribution in [2.75, 3.05) is 5.73 Å². The van der Waals surface area contributed by atoms with E-state index in [-0.39, 0.29) is 16.1 Å². The van der Waals surface area contributed by atoms with E-state index < -0.39 is 11.6 Å². The lowest BCUT2D eigenvalue weighted by molar-refractivity contribution is 0.103. The molecule has 2 aromatic rings. The Morgan fingerprint density at radius 3 is 2.61 bits per heavy atom. The molecule has 0 radical (unpaired) electrons. The van der Waals surface area contributed by atoms with Crippen LogP contribution in [0, 0.1) is 5.82 Å². The molecule has 0 bridgehead atoms. The molecule has 0 aliphatic carbocycles. The molecular weight excluding hydrogens is 321 g/mol. The van der Waals surface area contributed by atoms with Gasteiger partial charge in [0.05, 0.1) is 5.02 Å². The van der Waals surface area contributed by atoms with Gasteiger partial charge < -0.3 is 5.73 Å². The van der Waals surface area contributed by atoms with Gasteiger partial charge in [0.2, 0.25) is 0 Å². The van der Waals surface area contributed by atoms with Crippen LogP contribution in [0.2, 0.25) is 5.02 Å². The third-order valence-electron chi connectivity index (χ3n) is 2.43. The topological polar surface area (TPSA) is 43.1 Å². The zero-order valence-corrected chi connectivity index (χ0v) is 11.4.